The van der Waals surface area contributed by atoms with Gasteiger partial charge in [0.05, 0.1) is 12.6 Å². The Labute approximate surface area is 105 Å². The normalized spacial score (nSPS) is 14.7. The molecule has 0 aliphatic carbocycles. The number of hydrogen-bond acceptors (Lipinski definition) is 6. The van der Waals surface area contributed by atoms with E-state index in [1.807, 2.05) is 6.92 Å². The van der Waals surface area contributed by atoms with Crippen LogP contribution < -0.4 is 19.9 Å². The molecule has 3 N–H and O–H groups in total. The van der Waals surface area contributed by atoms with Gasteiger partial charge in [0.15, 0.2) is 18.3 Å². The van der Waals surface area contributed by atoms with Gasteiger partial charge in [-0.15, -0.1) is 0 Å². The van der Waals surface area contributed by atoms with Gasteiger partial charge < -0.3 is 29.8 Å². The highest BCUT2D eigenvalue weighted by Gasteiger charge is 2.26. The van der Waals surface area contributed by atoms with Crippen molar-refractivity contribution in [2.24, 2.45) is 5.73 Å². The second-order valence-electron chi connectivity index (χ2n) is 3.99. The fourth-order valence-electron chi connectivity index (χ4n) is 1.84. The molecule has 0 spiro atoms. The molecule has 0 saturated heterocycles. The second kappa shape index (κ2) is 5.43. The summed E-state index contributed by atoms with van der Waals surface area (Å²) < 4.78 is 21.1. The maximum absolute atomic E-state index is 9.17. The van der Waals surface area contributed by atoms with Gasteiger partial charge in [-0.25, -0.2) is 0 Å². The predicted molar refractivity (Wildman–Crippen MR) is 63.8 cm³/mol. The van der Waals surface area contributed by atoms with Crippen molar-refractivity contribution in [2.75, 3.05) is 27.3 Å². The van der Waals surface area contributed by atoms with Crippen LogP contribution in [0.5, 0.6) is 17.2 Å². The molecule has 0 bridgehead atoms. The van der Waals surface area contributed by atoms with E-state index in [0.29, 0.717) is 22.8 Å². The number of fused-ring (bicyclic) bond motifs is 1. The third kappa shape index (κ3) is 2.22. The first-order valence-electron chi connectivity index (χ1n) is 5.60. The lowest BCUT2D eigenvalue weighted by Crippen LogP contribution is -2.15. The zero-order chi connectivity index (χ0) is 13.1. The molecule has 1 aliphatic heterocycles. The molecule has 6 nitrogen and oxygen atoms in total. The minimum Gasteiger partial charge on any atom is -0.467 e. The fraction of sp³-hybridized carbons (Fsp3) is 0.500. The van der Waals surface area contributed by atoms with Crippen LogP contribution >= 0.6 is 0 Å². The maximum Gasteiger partial charge on any atom is 0.231 e. The molecule has 1 aliphatic rings. The Hall–Kier alpha value is -1.50. The average molecular weight is 255 g/mol. The Morgan fingerprint density at radius 3 is 2.83 bits per heavy atom. The zero-order valence-corrected chi connectivity index (χ0v) is 10.4. The lowest BCUT2D eigenvalue weighted by Gasteiger charge is -2.16. The summed E-state index contributed by atoms with van der Waals surface area (Å²) in [5, 5.41) is 9.17. The molecular formula is C12H17NO5. The van der Waals surface area contributed by atoms with E-state index in [0.717, 1.165) is 5.56 Å². The highest BCUT2D eigenvalue weighted by molar-refractivity contribution is 5.59. The number of aliphatic hydroxyl groups excluding tert-OH is 1. The number of benzene rings is 1. The first-order valence-corrected chi connectivity index (χ1v) is 5.60. The van der Waals surface area contributed by atoms with Crippen LogP contribution in [0.2, 0.25) is 0 Å². The van der Waals surface area contributed by atoms with Crippen molar-refractivity contribution in [3.8, 4) is 17.2 Å². The summed E-state index contributed by atoms with van der Waals surface area (Å²) in [7, 11) is 1.54. The van der Waals surface area contributed by atoms with Crippen LogP contribution in [-0.4, -0.2) is 32.4 Å². The molecule has 18 heavy (non-hydrogen) atoms. The van der Waals surface area contributed by atoms with Gasteiger partial charge in [0, 0.05) is 18.2 Å². The van der Waals surface area contributed by atoms with E-state index in [9.17, 15) is 0 Å². The van der Waals surface area contributed by atoms with E-state index < -0.39 is 6.04 Å². The molecule has 1 aromatic rings. The Morgan fingerprint density at radius 2 is 2.17 bits per heavy atom. The molecule has 0 amide bonds. The van der Waals surface area contributed by atoms with Crippen LogP contribution in [0, 0.1) is 6.92 Å². The van der Waals surface area contributed by atoms with E-state index in [2.05, 4.69) is 0 Å². The van der Waals surface area contributed by atoms with Crippen molar-refractivity contribution in [3.05, 3.63) is 17.2 Å². The summed E-state index contributed by atoms with van der Waals surface area (Å²) >= 11 is 0. The molecule has 6 heteroatoms. The Kier molecular flexibility index (Phi) is 3.90. The topological polar surface area (TPSA) is 83.2 Å². The summed E-state index contributed by atoms with van der Waals surface area (Å²) in [6.45, 7) is 1.97. The van der Waals surface area contributed by atoms with Crippen molar-refractivity contribution in [3.63, 3.8) is 0 Å². The SMILES string of the molecule is COCOc1cc(C(N)CO)c2c(c1C)OCO2. The number of ether oxygens (including phenoxy) is 4. The number of aliphatic hydroxyl groups is 1. The summed E-state index contributed by atoms with van der Waals surface area (Å²) in [6, 6.07) is 1.22. The molecule has 1 atom stereocenters. The van der Waals surface area contributed by atoms with E-state index in [-0.39, 0.29) is 20.2 Å². The monoisotopic (exact) mass is 255 g/mol. The number of methoxy groups -OCH3 is 1. The molecule has 2 rings (SSSR count). The van der Waals surface area contributed by atoms with Gasteiger partial charge in [-0.1, -0.05) is 0 Å². The first-order chi connectivity index (χ1) is 8.69. The number of hydrogen-bond donors (Lipinski definition) is 2. The third-order valence-electron chi connectivity index (χ3n) is 2.80. The highest BCUT2D eigenvalue weighted by atomic mass is 16.7. The van der Waals surface area contributed by atoms with Crippen LogP contribution in [0.3, 0.4) is 0 Å². The Bertz CT molecular complexity index is 435. The molecule has 0 radical (unpaired) electrons. The second-order valence-corrected chi connectivity index (χ2v) is 3.99. The van der Waals surface area contributed by atoms with Crippen molar-refractivity contribution in [1.82, 2.24) is 0 Å². The number of rotatable bonds is 5. The third-order valence-corrected chi connectivity index (χ3v) is 2.80. The quantitative estimate of drug-likeness (QED) is 0.753. The summed E-state index contributed by atoms with van der Waals surface area (Å²) in [6.07, 6.45) is 0. The zero-order valence-electron chi connectivity index (χ0n) is 10.4. The molecule has 100 valence electrons. The highest BCUT2D eigenvalue weighted by Crippen LogP contribution is 2.45. The minimum atomic E-state index is -0.536. The van der Waals surface area contributed by atoms with Crippen molar-refractivity contribution in [2.45, 2.75) is 13.0 Å². The van der Waals surface area contributed by atoms with Crippen molar-refractivity contribution >= 4 is 0 Å². The largest absolute Gasteiger partial charge is 0.467 e. The van der Waals surface area contributed by atoms with E-state index in [1.54, 1.807) is 13.2 Å². The van der Waals surface area contributed by atoms with Crippen LogP contribution in [0.25, 0.3) is 0 Å². The maximum atomic E-state index is 9.17. The smallest absolute Gasteiger partial charge is 0.231 e. The van der Waals surface area contributed by atoms with Gasteiger partial charge in [0.25, 0.3) is 0 Å². The molecule has 0 aromatic heterocycles. The van der Waals surface area contributed by atoms with E-state index in [1.165, 1.54) is 0 Å². The van der Waals surface area contributed by atoms with E-state index >= 15 is 0 Å². The molecule has 0 fully saturated rings. The summed E-state index contributed by atoms with van der Waals surface area (Å²) in [5.74, 6) is 1.81. The lowest BCUT2D eigenvalue weighted by molar-refractivity contribution is 0.0504. The van der Waals surface area contributed by atoms with Gasteiger partial charge in [-0.3, -0.25) is 0 Å². The van der Waals surface area contributed by atoms with Gasteiger partial charge >= 0.3 is 0 Å². The predicted octanol–water partition coefficient (Wildman–Crippen LogP) is 0.699. The van der Waals surface area contributed by atoms with E-state index in [4.69, 9.17) is 29.8 Å². The van der Waals surface area contributed by atoms with Crippen LogP contribution in [0.15, 0.2) is 6.07 Å². The van der Waals surface area contributed by atoms with Gasteiger partial charge in [-0.2, -0.15) is 0 Å². The molecular weight excluding hydrogens is 238 g/mol. The van der Waals surface area contributed by atoms with Gasteiger partial charge in [0.2, 0.25) is 6.79 Å². The Morgan fingerprint density at radius 1 is 1.44 bits per heavy atom. The van der Waals surface area contributed by atoms with Crippen LogP contribution in [0.4, 0.5) is 0 Å². The lowest BCUT2D eigenvalue weighted by atomic mass is 10.0. The molecule has 1 unspecified atom stereocenters. The summed E-state index contributed by atoms with van der Waals surface area (Å²) in [5.41, 5.74) is 7.34. The van der Waals surface area contributed by atoms with Crippen molar-refractivity contribution in [1.29, 1.82) is 0 Å². The van der Waals surface area contributed by atoms with Crippen LogP contribution in [-0.2, 0) is 4.74 Å². The van der Waals surface area contributed by atoms with Gasteiger partial charge in [-0.05, 0) is 13.0 Å². The molecule has 0 saturated carbocycles. The van der Waals surface area contributed by atoms with Crippen LogP contribution in [0.1, 0.15) is 17.2 Å². The minimum absolute atomic E-state index is 0.133. The summed E-state index contributed by atoms with van der Waals surface area (Å²) in [4.78, 5) is 0. The standard InChI is InChI=1S/C12H17NO5/c1-7-10(16-5-15-2)3-8(9(13)4-14)12-11(7)17-6-18-12/h3,9,14H,4-6,13H2,1-2H3. The number of nitrogens with two attached hydrogens (primary N) is 1. The molecule has 1 aromatic carbocycles. The Balaban J connectivity index is 2.43. The fourth-order valence-corrected chi connectivity index (χ4v) is 1.84. The average Bonchev–Trinajstić information content (AvgIpc) is 2.87. The first kappa shape index (κ1) is 12.9. The van der Waals surface area contributed by atoms with Gasteiger partial charge in [0.1, 0.15) is 5.75 Å². The van der Waals surface area contributed by atoms with Crippen molar-refractivity contribution < 1.29 is 24.1 Å². The molecule has 1 heterocycles.